The Labute approximate surface area is 175 Å². The van der Waals surface area contributed by atoms with Crippen LogP contribution in [0.25, 0.3) is 0 Å². The number of rotatable bonds is 7. The van der Waals surface area contributed by atoms with Crippen molar-refractivity contribution in [2.75, 3.05) is 0 Å². The molecule has 0 radical (unpaired) electrons. The maximum Gasteiger partial charge on any atom is 0.0636 e. The molecule has 0 aliphatic rings. The van der Waals surface area contributed by atoms with Crippen LogP contribution in [0.15, 0.2) is 46.4 Å². The van der Waals surface area contributed by atoms with Gasteiger partial charge in [-0.15, -0.1) is 0 Å². The predicted molar refractivity (Wildman–Crippen MR) is 116 cm³/mol. The first-order valence-electron chi connectivity index (χ1n) is 9.74. The van der Waals surface area contributed by atoms with Crippen molar-refractivity contribution in [3.63, 3.8) is 0 Å². The van der Waals surface area contributed by atoms with Gasteiger partial charge in [-0.1, -0.05) is 32.4 Å². The smallest absolute Gasteiger partial charge is 0.0636 e. The molecular formula is C24H32N2Ni. The van der Waals surface area contributed by atoms with Gasteiger partial charge in [0.25, 0.3) is 0 Å². The van der Waals surface area contributed by atoms with Crippen LogP contribution in [-0.4, -0.2) is 11.4 Å². The summed E-state index contributed by atoms with van der Waals surface area (Å²) in [5, 5.41) is 0. The number of aliphatic imine (C=N–C) groups is 2. The molecular weight excluding hydrogens is 375 g/mol. The van der Waals surface area contributed by atoms with Crippen LogP contribution in [0.3, 0.4) is 0 Å². The van der Waals surface area contributed by atoms with Crippen molar-refractivity contribution < 1.29 is 16.5 Å². The number of aryl methyl sites for hydroxylation is 4. The average Bonchev–Trinajstić information content (AvgIpc) is 2.62. The van der Waals surface area contributed by atoms with Gasteiger partial charge in [0.2, 0.25) is 0 Å². The van der Waals surface area contributed by atoms with E-state index >= 15 is 0 Å². The SMILES string of the molecule is CCCCC(=N\c1ccc(C)c(C)c1)/C(CC)=N/c1ccc(C)c(C)c1.[Ni]. The van der Waals surface area contributed by atoms with Crippen LogP contribution >= 0.6 is 0 Å². The van der Waals surface area contributed by atoms with Gasteiger partial charge in [-0.05, 0) is 93.5 Å². The van der Waals surface area contributed by atoms with E-state index in [1.807, 2.05) is 0 Å². The molecule has 0 aromatic heterocycles. The molecule has 2 aromatic rings. The van der Waals surface area contributed by atoms with Crippen LogP contribution in [-0.2, 0) is 16.5 Å². The van der Waals surface area contributed by atoms with E-state index in [-0.39, 0.29) is 16.5 Å². The van der Waals surface area contributed by atoms with Crippen LogP contribution in [0, 0.1) is 27.7 Å². The molecule has 2 nitrogen and oxygen atoms in total. The van der Waals surface area contributed by atoms with Gasteiger partial charge in [0.1, 0.15) is 0 Å². The number of unbranched alkanes of at least 4 members (excludes halogenated alkanes) is 1. The largest absolute Gasteiger partial charge is 0.252 e. The van der Waals surface area contributed by atoms with Crippen molar-refractivity contribution in [1.82, 2.24) is 0 Å². The monoisotopic (exact) mass is 406 g/mol. The van der Waals surface area contributed by atoms with E-state index in [1.165, 1.54) is 22.3 Å². The van der Waals surface area contributed by atoms with Gasteiger partial charge in [0, 0.05) is 16.5 Å². The van der Waals surface area contributed by atoms with Crippen molar-refractivity contribution in [3.05, 3.63) is 58.7 Å². The summed E-state index contributed by atoms with van der Waals surface area (Å²) in [6.45, 7) is 12.9. The van der Waals surface area contributed by atoms with E-state index in [2.05, 4.69) is 77.9 Å². The third-order valence-corrected chi connectivity index (χ3v) is 4.94. The molecule has 148 valence electrons. The number of benzene rings is 2. The van der Waals surface area contributed by atoms with Gasteiger partial charge in [-0.25, -0.2) is 0 Å². The van der Waals surface area contributed by atoms with Crippen LogP contribution in [0.2, 0.25) is 0 Å². The van der Waals surface area contributed by atoms with Gasteiger partial charge >= 0.3 is 0 Å². The van der Waals surface area contributed by atoms with Gasteiger partial charge in [-0.3, -0.25) is 9.98 Å². The Morgan fingerprint density at radius 2 is 1.19 bits per heavy atom. The second-order valence-electron chi connectivity index (χ2n) is 7.11. The Hall–Kier alpha value is -1.73. The minimum absolute atomic E-state index is 0. The molecule has 0 heterocycles. The molecule has 0 saturated heterocycles. The van der Waals surface area contributed by atoms with E-state index in [9.17, 15) is 0 Å². The molecule has 0 atom stereocenters. The Morgan fingerprint density at radius 3 is 1.59 bits per heavy atom. The normalized spacial score (nSPS) is 12.1. The minimum atomic E-state index is 0. The van der Waals surface area contributed by atoms with E-state index in [0.29, 0.717) is 0 Å². The van der Waals surface area contributed by atoms with Crippen molar-refractivity contribution in [2.45, 2.75) is 67.2 Å². The average molecular weight is 407 g/mol. The third kappa shape index (κ3) is 6.74. The zero-order valence-corrected chi connectivity index (χ0v) is 18.5. The summed E-state index contributed by atoms with van der Waals surface area (Å²) in [7, 11) is 0. The summed E-state index contributed by atoms with van der Waals surface area (Å²) >= 11 is 0. The fourth-order valence-corrected chi connectivity index (χ4v) is 2.86. The Bertz CT molecular complexity index is 819. The van der Waals surface area contributed by atoms with Crippen molar-refractivity contribution in [1.29, 1.82) is 0 Å². The summed E-state index contributed by atoms with van der Waals surface area (Å²) < 4.78 is 0. The number of nitrogens with zero attached hydrogens (tertiary/aromatic N) is 2. The summed E-state index contributed by atoms with van der Waals surface area (Å²) in [5.41, 5.74) is 9.44. The van der Waals surface area contributed by atoms with Crippen molar-refractivity contribution >= 4 is 22.8 Å². The zero-order valence-electron chi connectivity index (χ0n) is 17.5. The van der Waals surface area contributed by atoms with E-state index in [1.54, 1.807) is 0 Å². The summed E-state index contributed by atoms with van der Waals surface area (Å²) in [4.78, 5) is 9.95. The molecule has 0 aliphatic carbocycles. The molecule has 0 bridgehead atoms. The molecule has 0 fully saturated rings. The second kappa shape index (κ2) is 11.2. The second-order valence-corrected chi connectivity index (χ2v) is 7.11. The quantitative estimate of drug-likeness (QED) is 0.338. The van der Waals surface area contributed by atoms with Crippen LogP contribution in [0.4, 0.5) is 11.4 Å². The molecule has 27 heavy (non-hydrogen) atoms. The fraction of sp³-hybridized carbons (Fsp3) is 0.417. The van der Waals surface area contributed by atoms with Crippen LogP contribution < -0.4 is 0 Å². The molecule has 0 N–H and O–H groups in total. The Morgan fingerprint density at radius 1 is 0.704 bits per heavy atom. The zero-order chi connectivity index (χ0) is 19.1. The van der Waals surface area contributed by atoms with Gasteiger partial charge in [0.15, 0.2) is 0 Å². The summed E-state index contributed by atoms with van der Waals surface area (Å²) in [6, 6.07) is 12.8. The maximum atomic E-state index is 4.99. The van der Waals surface area contributed by atoms with Crippen molar-refractivity contribution in [2.24, 2.45) is 9.98 Å². The molecule has 0 aliphatic heterocycles. The Kier molecular flexibility index (Phi) is 9.66. The van der Waals surface area contributed by atoms with Crippen molar-refractivity contribution in [3.8, 4) is 0 Å². The molecule has 2 aromatic carbocycles. The van der Waals surface area contributed by atoms with Crippen LogP contribution in [0.5, 0.6) is 0 Å². The topological polar surface area (TPSA) is 24.7 Å². The van der Waals surface area contributed by atoms with Gasteiger partial charge in [-0.2, -0.15) is 0 Å². The first kappa shape index (κ1) is 23.3. The Balaban J connectivity index is 0.00000364. The maximum absolute atomic E-state index is 4.99. The van der Waals surface area contributed by atoms with E-state index < -0.39 is 0 Å². The predicted octanol–water partition coefficient (Wildman–Crippen LogP) is 7.36. The van der Waals surface area contributed by atoms with Gasteiger partial charge in [0.05, 0.1) is 22.8 Å². The van der Waals surface area contributed by atoms with E-state index in [4.69, 9.17) is 9.98 Å². The number of hydrogen-bond acceptors (Lipinski definition) is 2. The van der Waals surface area contributed by atoms with E-state index in [0.717, 1.165) is 48.5 Å². The summed E-state index contributed by atoms with van der Waals surface area (Å²) in [5.74, 6) is 0. The van der Waals surface area contributed by atoms with Gasteiger partial charge < -0.3 is 0 Å². The first-order chi connectivity index (χ1) is 12.4. The molecule has 3 heteroatoms. The standard InChI is InChI=1S/C24H32N2.Ni/c1-7-9-10-24(26-22-14-12-18(4)20(6)16-22)23(8-2)25-21-13-11-17(3)19(5)15-21;/h11-16H,7-10H2,1-6H3;/b25-23+,26-24+;. The first-order valence-corrected chi connectivity index (χ1v) is 9.74. The molecule has 0 saturated carbocycles. The molecule has 0 amide bonds. The summed E-state index contributed by atoms with van der Waals surface area (Å²) in [6.07, 6.45) is 4.16. The number of hydrogen-bond donors (Lipinski definition) is 0. The third-order valence-electron chi connectivity index (χ3n) is 4.94. The molecule has 0 spiro atoms. The molecule has 0 unspecified atom stereocenters. The fourth-order valence-electron chi connectivity index (χ4n) is 2.86. The molecule has 2 rings (SSSR count). The van der Waals surface area contributed by atoms with Crippen LogP contribution in [0.1, 0.15) is 61.8 Å². The minimum Gasteiger partial charge on any atom is -0.252 e.